The molecule has 7 heteroatoms. The first kappa shape index (κ1) is 25.0. The molecular weight excluding hydrogens is 502 g/mol. The van der Waals surface area contributed by atoms with Crippen LogP contribution in [0.3, 0.4) is 0 Å². The normalized spacial score (nSPS) is 18.0. The molecule has 1 fully saturated rings. The van der Waals surface area contributed by atoms with Gasteiger partial charge in [-0.15, -0.1) is 11.3 Å². The molecular formula is C31H30F2N2O2S. The van der Waals surface area contributed by atoms with E-state index in [1.807, 2.05) is 29.8 Å². The first-order chi connectivity index (χ1) is 18.7. The lowest BCUT2D eigenvalue weighted by molar-refractivity contribution is -0.00629. The number of hydrogen-bond acceptors (Lipinski definition) is 5. The summed E-state index contributed by atoms with van der Waals surface area (Å²) in [5.41, 5.74) is 9.82. The maximum Gasteiger partial charge on any atom is 0.172 e. The van der Waals surface area contributed by atoms with Crippen molar-refractivity contribution >= 4 is 32.7 Å². The molecule has 0 spiro atoms. The number of alkyl halides is 1. The average Bonchev–Trinajstić information content (AvgIpc) is 3.57. The van der Waals surface area contributed by atoms with Gasteiger partial charge in [0.25, 0.3) is 0 Å². The van der Waals surface area contributed by atoms with E-state index in [9.17, 15) is 8.92 Å². The van der Waals surface area contributed by atoms with Gasteiger partial charge in [-0.1, -0.05) is 24.3 Å². The van der Waals surface area contributed by atoms with Gasteiger partial charge in [0.15, 0.2) is 5.75 Å². The molecule has 1 aliphatic carbocycles. The third kappa shape index (κ3) is 5.18. The summed E-state index contributed by atoms with van der Waals surface area (Å²) in [4.78, 5) is 10.8. The number of rotatable bonds is 8. The molecule has 0 N–H and O–H groups in total. The predicted molar refractivity (Wildman–Crippen MR) is 149 cm³/mol. The number of benzene rings is 3. The van der Waals surface area contributed by atoms with Crippen LogP contribution in [-0.4, -0.2) is 42.3 Å². The van der Waals surface area contributed by atoms with E-state index < -0.39 is 0 Å². The highest BCUT2D eigenvalue weighted by atomic mass is 32.1. The van der Waals surface area contributed by atoms with Crippen molar-refractivity contribution in [2.24, 2.45) is 0 Å². The van der Waals surface area contributed by atoms with Crippen LogP contribution in [0.1, 0.15) is 47.9 Å². The highest BCUT2D eigenvalue weighted by Crippen LogP contribution is 2.42. The molecule has 196 valence electrons. The smallest absolute Gasteiger partial charge is 0.172 e. The maximum atomic E-state index is 13.0. The fraction of sp³-hybridized carbons (Fsp3) is 0.323. The Morgan fingerprint density at radius 2 is 1.82 bits per heavy atom. The largest absolute Gasteiger partial charge is 0.489 e. The van der Waals surface area contributed by atoms with Crippen molar-refractivity contribution in [3.8, 4) is 11.5 Å². The molecule has 1 saturated heterocycles. The number of nitrogens with zero attached hydrogens (tertiary/aromatic N) is 2. The van der Waals surface area contributed by atoms with Crippen LogP contribution in [0.5, 0.6) is 11.5 Å². The minimum absolute atomic E-state index is 0.124. The van der Waals surface area contributed by atoms with Crippen LogP contribution in [-0.2, 0) is 6.42 Å². The van der Waals surface area contributed by atoms with E-state index in [4.69, 9.17) is 4.74 Å². The van der Waals surface area contributed by atoms with Crippen LogP contribution >= 0.6 is 11.3 Å². The van der Waals surface area contributed by atoms with Gasteiger partial charge >= 0.3 is 0 Å². The molecule has 0 radical (unpaired) electrons. The minimum Gasteiger partial charge on any atom is -0.489 e. The second-order valence-electron chi connectivity index (χ2n) is 10.0. The number of halogens is 2. The summed E-state index contributed by atoms with van der Waals surface area (Å²) in [5, 5.41) is 0. The predicted octanol–water partition coefficient (Wildman–Crippen LogP) is 7.67. The maximum absolute atomic E-state index is 13.0. The van der Waals surface area contributed by atoms with Gasteiger partial charge in [-0.05, 0) is 102 Å². The molecule has 0 saturated carbocycles. The Hall–Kier alpha value is -3.29. The monoisotopic (exact) mass is 532 g/mol. The Labute approximate surface area is 225 Å². The zero-order valence-electron chi connectivity index (χ0n) is 21.2. The van der Waals surface area contributed by atoms with Crippen LogP contribution < -0.4 is 9.68 Å². The lowest BCUT2D eigenvalue weighted by Crippen LogP contribution is -2.26. The first-order valence-electron chi connectivity index (χ1n) is 13.3. The van der Waals surface area contributed by atoms with E-state index in [0.29, 0.717) is 6.42 Å². The van der Waals surface area contributed by atoms with Gasteiger partial charge in [0.1, 0.15) is 11.9 Å². The molecule has 2 heterocycles. The van der Waals surface area contributed by atoms with Crippen LogP contribution in [0.15, 0.2) is 66.2 Å². The van der Waals surface area contributed by atoms with E-state index in [2.05, 4.69) is 45.2 Å². The topological polar surface area (TPSA) is 34.6 Å². The van der Waals surface area contributed by atoms with Crippen molar-refractivity contribution in [1.29, 1.82) is 0 Å². The van der Waals surface area contributed by atoms with Gasteiger partial charge in [-0.3, -0.25) is 14.2 Å². The molecule has 3 aromatic carbocycles. The van der Waals surface area contributed by atoms with Gasteiger partial charge in [-0.25, -0.2) is 4.98 Å². The Morgan fingerprint density at radius 3 is 2.66 bits per heavy atom. The molecule has 0 amide bonds. The molecule has 0 unspecified atom stereocenters. The Kier molecular flexibility index (Phi) is 7.38. The van der Waals surface area contributed by atoms with Gasteiger partial charge in [0.05, 0.1) is 22.4 Å². The number of allylic oxidation sites excluding steroid dienone is 1. The molecule has 1 aromatic heterocycles. The Balaban J connectivity index is 1.35. The molecule has 1 aliphatic heterocycles. The van der Waals surface area contributed by atoms with Crippen molar-refractivity contribution in [1.82, 2.24) is 9.88 Å². The summed E-state index contributed by atoms with van der Waals surface area (Å²) >= 11 is 1.65. The van der Waals surface area contributed by atoms with E-state index in [0.717, 1.165) is 78.8 Å². The molecule has 4 aromatic rings. The fourth-order valence-corrected chi connectivity index (χ4v) is 6.46. The van der Waals surface area contributed by atoms with Crippen LogP contribution in [0.25, 0.3) is 21.4 Å². The highest BCUT2D eigenvalue weighted by Gasteiger charge is 2.24. The average molecular weight is 533 g/mol. The number of ether oxygens (including phenoxy) is 1. The Morgan fingerprint density at radius 1 is 0.974 bits per heavy atom. The molecule has 1 atom stereocenters. The second kappa shape index (κ2) is 11.2. The number of aryl methyl sites for hydroxylation is 1. The quantitative estimate of drug-likeness (QED) is 0.233. The van der Waals surface area contributed by atoms with Crippen LogP contribution in [0, 0.1) is 0 Å². The summed E-state index contributed by atoms with van der Waals surface area (Å²) in [6, 6.07) is 20.3. The van der Waals surface area contributed by atoms with Crippen molar-refractivity contribution < 1.29 is 18.6 Å². The molecule has 38 heavy (non-hydrogen) atoms. The third-order valence-corrected chi connectivity index (χ3v) is 8.36. The number of fused-ring (bicyclic) bond motifs is 2. The van der Waals surface area contributed by atoms with Crippen molar-refractivity contribution in [3.63, 3.8) is 0 Å². The van der Waals surface area contributed by atoms with E-state index in [-0.39, 0.29) is 18.5 Å². The van der Waals surface area contributed by atoms with E-state index in [1.54, 1.807) is 17.4 Å². The number of thiazole rings is 1. The summed E-state index contributed by atoms with van der Waals surface area (Å²) in [6.45, 7) is 2.30. The van der Waals surface area contributed by atoms with Crippen LogP contribution in [0.2, 0.25) is 0 Å². The molecule has 0 bridgehead atoms. The standard InChI is InChI=1S/C31H30F2N2O2S/c32-14-2-15-35-16-13-26(19-35)36-24-8-5-21(6-9-24)31-27(23-7-12-29-30(18-23)38-20-34-29)4-1-3-22-17-25(37-33)10-11-28(22)31/h5-12,17-18,20,26H,1-4,13-16,19H2/t26-/m0/s1. The second-order valence-corrected chi connectivity index (χ2v) is 10.9. The molecule has 4 nitrogen and oxygen atoms in total. The van der Waals surface area contributed by atoms with E-state index >= 15 is 0 Å². The molecule has 2 aliphatic rings. The fourth-order valence-electron chi connectivity index (χ4n) is 5.75. The number of aromatic nitrogens is 1. The SMILES string of the molecule is FCCCN1CC[C@H](Oc2ccc(C3=C(c4ccc5ncsc5c4)CCCc4cc(OF)ccc43)cc2)C1. The lowest BCUT2D eigenvalue weighted by Gasteiger charge is -2.19. The van der Waals surface area contributed by atoms with Gasteiger partial charge < -0.3 is 4.74 Å². The van der Waals surface area contributed by atoms with Gasteiger partial charge in [0.2, 0.25) is 0 Å². The summed E-state index contributed by atoms with van der Waals surface area (Å²) in [6.07, 6.45) is 4.38. The zero-order valence-corrected chi connectivity index (χ0v) is 22.0. The summed E-state index contributed by atoms with van der Waals surface area (Å²) in [5.74, 6) is 1.08. The number of hydrogen-bond donors (Lipinski definition) is 0. The first-order valence-corrected chi connectivity index (χ1v) is 14.1. The minimum atomic E-state index is -0.273. The zero-order chi connectivity index (χ0) is 25.9. The lowest BCUT2D eigenvalue weighted by atomic mass is 9.88. The summed E-state index contributed by atoms with van der Waals surface area (Å²) < 4.78 is 33.0. The third-order valence-electron chi connectivity index (χ3n) is 7.57. The summed E-state index contributed by atoms with van der Waals surface area (Å²) in [7, 11) is 0. The van der Waals surface area contributed by atoms with Crippen molar-refractivity contribution in [2.45, 2.75) is 38.2 Å². The Bertz CT molecular complexity index is 1450. The van der Waals surface area contributed by atoms with Gasteiger partial charge in [0, 0.05) is 24.2 Å². The highest BCUT2D eigenvalue weighted by molar-refractivity contribution is 7.16. The van der Waals surface area contributed by atoms with E-state index in [1.165, 1.54) is 15.8 Å². The van der Waals surface area contributed by atoms with Gasteiger partial charge in [-0.2, -0.15) is 0 Å². The van der Waals surface area contributed by atoms with Crippen molar-refractivity contribution in [2.75, 3.05) is 26.3 Å². The molecule has 6 rings (SSSR count). The number of likely N-dealkylation sites (tertiary alicyclic amines) is 1. The van der Waals surface area contributed by atoms with Crippen molar-refractivity contribution in [3.05, 3.63) is 88.4 Å². The van der Waals surface area contributed by atoms with Crippen LogP contribution in [0.4, 0.5) is 8.92 Å².